The summed E-state index contributed by atoms with van der Waals surface area (Å²) < 4.78 is 46.3. The van der Waals surface area contributed by atoms with Crippen molar-refractivity contribution < 1.29 is 27.8 Å². The number of aromatic nitrogens is 2. The maximum Gasteiger partial charge on any atom is 0.387 e. The zero-order valence-electron chi connectivity index (χ0n) is 14.3. The third kappa shape index (κ3) is 3.27. The van der Waals surface area contributed by atoms with Gasteiger partial charge in [-0.25, -0.2) is 14.0 Å². The van der Waals surface area contributed by atoms with Crippen LogP contribution in [0.2, 0.25) is 0 Å². The van der Waals surface area contributed by atoms with Crippen molar-refractivity contribution in [3.8, 4) is 11.4 Å². The lowest BCUT2D eigenvalue weighted by molar-refractivity contribution is -0.0498. The highest BCUT2D eigenvalue weighted by Crippen LogP contribution is 2.26. The van der Waals surface area contributed by atoms with Gasteiger partial charge in [-0.15, -0.1) is 0 Å². The first-order valence-corrected chi connectivity index (χ1v) is 7.95. The molecule has 3 aromatic rings. The summed E-state index contributed by atoms with van der Waals surface area (Å²) in [6.07, 6.45) is 0. The largest absolute Gasteiger partial charge is 0.478 e. The lowest BCUT2D eigenvalue weighted by Gasteiger charge is -2.08. The summed E-state index contributed by atoms with van der Waals surface area (Å²) in [4.78, 5) is 24.2. The molecule has 142 valence electrons. The van der Waals surface area contributed by atoms with Crippen molar-refractivity contribution in [2.75, 3.05) is 0 Å². The second-order valence-corrected chi connectivity index (χ2v) is 6.09. The van der Waals surface area contributed by atoms with E-state index >= 15 is 0 Å². The molecule has 0 atom stereocenters. The number of benzene rings is 2. The summed E-state index contributed by atoms with van der Waals surface area (Å²) in [5.41, 5.74) is -0.873. The van der Waals surface area contributed by atoms with Gasteiger partial charge >= 0.3 is 18.3 Å². The Morgan fingerprint density at radius 3 is 2.48 bits per heavy atom. The molecule has 0 saturated carbocycles. The summed E-state index contributed by atoms with van der Waals surface area (Å²) in [6, 6.07) is 6.91. The molecular weight excluding hydrogens is 365 g/mol. The SMILES string of the molecule is CC(C)n1c(=O)n(-c2cccc(OC(F)F)c2)c2c(F)cc(C(=O)O)cc21. The molecule has 0 bridgehead atoms. The molecule has 1 heterocycles. The van der Waals surface area contributed by atoms with Crippen molar-refractivity contribution in [3.63, 3.8) is 0 Å². The first-order valence-electron chi connectivity index (χ1n) is 7.95. The van der Waals surface area contributed by atoms with Crippen molar-refractivity contribution in [1.82, 2.24) is 9.13 Å². The van der Waals surface area contributed by atoms with Gasteiger partial charge < -0.3 is 9.84 Å². The maximum absolute atomic E-state index is 14.7. The van der Waals surface area contributed by atoms with Gasteiger partial charge in [0.25, 0.3) is 0 Å². The Hall–Kier alpha value is -3.23. The second kappa shape index (κ2) is 6.82. The highest BCUT2D eigenvalue weighted by molar-refractivity contribution is 5.93. The van der Waals surface area contributed by atoms with Crippen molar-refractivity contribution in [2.24, 2.45) is 0 Å². The number of imidazole rings is 1. The molecule has 0 radical (unpaired) electrons. The number of hydrogen-bond donors (Lipinski definition) is 1. The summed E-state index contributed by atoms with van der Waals surface area (Å²) in [5, 5.41) is 9.16. The van der Waals surface area contributed by atoms with Crippen LogP contribution in [-0.4, -0.2) is 26.8 Å². The number of ether oxygens (including phenoxy) is 1. The predicted octanol–water partition coefficient (Wildman–Crippen LogP) is 3.81. The Labute approximate surface area is 151 Å². The number of fused-ring (bicyclic) bond motifs is 1. The van der Waals surface area contributed by atoms with Crippen LogP contribution in [0, 0.1) is 5.82 Å². The van der Waals surface area contributed by atoms with Crippen LogP contribution in [0.4, 0.5) is 13.2 Å². The third-order valence-corrected chi connectivity index (χ3v) is 3.99. The van der Waals surface area contributed by atoms with E-state index in [-0.39, 0.29) is 28.0 Å². The maximum atomic E-state index is 14.7. The number of hydrogen-bond acceptors (Lipinski definition) is 3. The first-order chi connectivity index (χ1) is 12.7. The third-order valence-electron chi connectivity index (χ3n) is 3.99. The van der Waals surface area contributed by atoms with Crippen LogP contribution in [-0.2, 0) is 0 Å². The highest BCUT2D eigenvalue weighted by atomic mass is 19.3. The molecule has 0 unspecified atom stereocenters. The number of aromatic carboxylic acids is 1. The monoisotopic (exact) mass is 380 g/mol. The van der Waals surface area contributed by atoms with E-state index < -0.39 is 30.1 Å². The molecule has 0 spiro atoms. The molecule has 0 aliphatic rings. The molecule has 0 amide bonds. The normalized spacial score (nSPS) is 11.5. The number of carboxylic acid groups (broad SMARTS) is 1. The van der Waals surface area contributed by atoms with Crippen LogP contribution in [0.25, 0.3) is 16.7 Å². The van der Waals surface area contributed by atoms with Gasteiger partial charge in [-0.05, 0) is 38.1 Å². The van der Waals surface area contributed by atoms with E-state index in [1.54, 1.807) is 13.8 Å². The molecule has 1 N–H and O–H groups in total. The number of alkyl halides is 2. The second-order valence-electron chi connectivity index (χ2n) is 6.09. The van der Waals surface area contributed by atoms with Crippen molar-refractivity contribution in [2.45, 2.75) is 26.5 Å². The molecule has 0 aliphatic carbocycles. The van der Waals surface area contributed by atoms with Crippen LogP contribution < -0.4 is 10.4 Å². The fraction of sp³-hybridized carbons (Fsp3) is 0.222. The van der Waals surface area contributed by atoms with Crippen LogP contribution in [0.1, 0.15) is 30.2 Å². The van der Waals surface area contributed by atoms with E-state index in [2.05, 4.69) is 4.74 Å². The summed E-state index contributed by atoms with van der Waals surface area (Å²) in [7, 11) is 0. The molecule has 0 fully saturated rings. The van der Waals surface area contributed by atoms with Gasteiger partial charge in [0.2, 0.25) is 0 Å². The number of halogens is 3. The molecule has 1 aromatic heterocycles. The average molecular weight is 380 g/mol. The molecule has 2 aromatic carbocycles. The fourth-order valence-corrected chi connectivity index (χ4v) is 2.96. The average Bonchev–Trinajstić information content (AvgIpc) is 2.87. The van der Waals surface area contributed by atoms with E-state index in [1.165, 1.54) is 34.9 Å². The molecule has 6 nitrogen and oxygen atoms in total. The van der Waals surface area contributed by atoms with Gasteiger partial charge in [0.05, 0.1) is 16.8 Å². The first kappa shape index (κ1) is 18.6. The molecule has 0 aliphatic heterocycles. The van der Waals surface area contributed by atoms with Gasteiger partial charge in [0, 0.05) is 12.1 Å². The zero-order valence-corrected chi connectivity index (χ0v) is 14.3. The van der Waals surface area contributed by atoms with Crippen LogP contribution >= 0.6 is 0 Å². The zero-order chi connectivity index (χ0) is 19.9. The highest BCUT2D eigenvalue weighted by Gasteiger charge is 2.22. The van der Waals surface area contributed by atoms with Crippen LogP contribution in [0.3, 0.4) is 0 Å². The molecule has 3 rings (SSSR count). The summed E-state index contributed by atoms with van der Waals surface area (Å²) in [6.45, 7) is 0.323. The molecule has 9 heteroatoms. The minimum absolute atomic E-state index is 0.0904. The lowest BCUT2D eigenvalue weighted by Crippen LogP contribution is -2.24. The van der Waals surface area contributed by atoms with Gasteiger partial charge in [0.15, 0.2) is 0 Å². The summed E-state index contributed by atoms with van der Waals surface area (Å²) >= 11 is 0. The topological polar surface area (TPSA) is 73.5 Å². The van der Waals surface area contributed by atoms with E-state index in [0.717, 1.165) is 10.6 Å². The molecule has 0 saturated heterocycles. The van der Waals surface area contributed by atoms with Crippen molar-refractivity contribution >= 4 is 17.0 Å². The Morgan fingerprint density at radius 2 is 1.89 bits per heavy atom. The van der Waals surface area contributed by atoms with Gasteiger partial charge in [0.1, 0.15) is 17.1 Å². The van der Waals surface area contributed by atoms with E-state index in [4.69, 9.17) is 5.11 Å². The van der Waals surface area contributed by atoms with Gasteiger partial charge in [-0.1, -0.05) is 6.07 Å². The molecule has 27 heavy (non-hydrogen) atoms. The Morgan fingerprint density at radius 1 is 1.19 bits per heavy atom. The standard InChI is InChI=1S/C18H15F3N2O4/c1-9(2)22-14-7-10(16(24)25)6-13(19)15(14)23(18(22)26)11-4-3-5-12(8-11)27-17(20)21/h3-9,17H,1-2H3,(H,24,25). The Bertz CT molecular complexity index is 1090. The smallest absolute Gasteiger partial charge is 0.387 e. The predicted molar refractivity (Wildman–Crippen MR) is 91.5 cm³/mol. The van der Waals surface area contributed by atoms with Crippen LogP contribution in [0.15, 0.2) is 41.2 Å². The number of carboxylic acids is 1. The number of carbonyl (C=O) groups is 1. The minimum Gasteiger partial charge on any atom is -0.478 e. The van der Waals surface area contributed by atoms with Crippen molar-refractivity contribution in [3.05, 3.63) is 58.3 Å². The van der Waals surface area contributed by atoms with Gasteiger partial charge in [-0.3, -0.25) is 9.13 Å². The van der Waals surface area contributed by atoms with E-state index in [9.17, 15) is 22.8 Å². The summed E-state index contributed by atoms with van der Waals surface area (Å²) in [5.74, 6) is -2.44. The Kier molecular flexibility index (Phi) is 4.69. The van der Waals surface area contributed by atoms with E-state index in [1.807, 2.05) is 0 Å². The Balaban J connectivity index is 2.36. The number of rotatable bonds is 5. The quantitative estimate of drug-likeness (QED) is 0.731. The minimum atomic E-state index is -3.05. The van der Waals surface area contributed by atoms with Gasteiger partial charge in [-0.2, -0.15) is 8.78 Å². The van der Waals surface area contributed by atoms with E-state index in [0.29, 0.717) is 0 Å². The van der Waals surface area contributed by atoms with Crippen molar-refractivity contribution in [1.29, 1.82) is 0 Å². The van der Waals surface area contributed by atoms with Crippen LogP contribution in [0.5, 0.6) is 5.75 Å². The fourth-order valence-electron chi connectivity index (χ4n) is 2.96. The molecular formula is C18H15F3N2O4. The lowest BCUT2D eigenvalue weighted by atomic mass is 10.1. The number of nitrogens with zero attached hydrogens (tertiary/aromatic N) is 2.